The van der Waals surface area contributed by atoms with Crippen LogP contribution in [-0.4, -0.2) is 29.0 Å². The van der Waals surface area contributed by atoms with Gasteiger partial charge in [0.1, 0.15) is 11.6 Å². The summed E-state index contributed by atoms with van der Waals surface area (Å²) in [6, 6.07) is 23.2. The molecule has 0 bridgehead atoms. The van der Waals surface area contributed by atoms with Gasteiger partial charge in [-0.05, 0) is 30.3 Å². The van der Waals surface area contributed by atoms with Gasteiger partial charge in [-0.2, -0.15) is 0 Å². The van der Waals surface area contributed by atoms with Crippen LogP contribution >= 0.6 is 0 Å². The lowest BCUT2D eigenvalue weighted by Gasteiger charge is -2.11. The van der Waals surface area contributed by atoms with Crippen LogP contribution in [0.2, 0.25) is 0 Å². The van der Waals surface area contributed by atoms with Crippen molar-refractivity contribution in [3.05, 3.63) is 90.2 Å². The molecule has 5 nitrogen and oxygen atoms in total. The zero-order chi connectivity index (χ0) is 20.1. The Bertz CT molecular complexity index is 1150. The Kier molecular flexibility index (Phi) is 5.42. The summed E-state index contributed by atoms with van der Waals surface area (Å²) in [6.45, 7) is 0.838. The van der Waals surface area contributed by atoms with Crippen LogP contribution in [0.1, 0.15) is 10.4 Å². The summed E-state index contributed by atoms with van der Waals surface area (Å²) >= 11 is 0. The van der Waals surface area contributed by atoms with E-state index in [0.29, 0.717) is 30.3 Å². The normalized spacial score (nSPS) is 10.7. The molecule has 0 radical (unpaired) electrons. The van der Waals surface area contributed by atoms with E-state index >= 15 is 0 Å². The molecule has 0 aliphatic heterocycles. The van der Waals surface area contributed by atoms with Crippen LogP contribution in [0.15, 0.2) is 78.9 Å². The summed E-state index contributed by atoms with van der Waals surface area (Å²) in [4.78, 5) is 21.5. The van der Waals surface area contributed by atoms with Gasteiger partial charge in [-0.3, -0.25) is 4.79 Å². The van der Waals surface area contributed by atoms with Crippen molar-refractivity contribution in [3.8, 4) is 11.4 Å². The highest BCUT2D eigenvalue weighted by molar-refractivity contribution is 5.94. The maximum Gasteiger partial charge on any atom is 0.251 e. The third-order valence-electron chi connectivity index (χ3n) is 4.43. The van der Waals surface area contributed by atoms with E-state index in [2.05, 4.69) is 20.6 Å². The Labute approximate surface area is 167 Å². The first kappa shape index (κ1) is 18.6. The fraction of sp³-hybridized carbons (Fsp3) is 0.0870. The molecule has 6 heteroatoms. The van der Waals surface area contributed by atoms with Crippen LogP contribution in [0.3, 0.4) is 0 Å². The second-order valence-corrected chi connectivity index (χ2v) is 6.47. The number of rotatable bonds is 6. The largest absolute Gasteiger partial charge is 0.368 e. The Morgan fingerprint density at radius 3 is 2.48 bits per heavy atom. The molecule has 2 N–H and O–H groups in total. The van der Waals surface area contributed by atoms with Crippen molar-refractivity contribution in [2.24, 2.45) is 0 Å². The fourth-order valence-corrected chi connectivity index (χ4v) is 3.02. The number of amides is 1. The smallest absolute Gasteiger partial charge is 0.251 e. The molecular formula is C23H19FN4O. The van der Waals surface area contributed by atoms with Crippen LogP contribution in [-0.2, 0) is 0 Å². The van der Waals surface area contributed by atoms with E-state index in [-0.39, 0.29) is 5.91 Å². The molecule has 4 rings (SSSR count). The minimum Gasteiger partial charge on any atom is -0.368 e. The van der Waals surface area contributed by atoms with Gasteiger partial charge in [0.25, 0.3) is 5.91 Å². The molecule has 144 valence electrons. The molecule has 1 aromatic heterocycles. The SMILES string of the molecule is O=C(NCCNc1nc(-c2ccccc2)nc2ccccc12)c1cccc(F)c1. The van der Waals surface area contributed by atoms with Gasteiger partial charge in [0, 0.05) is 29.6 Å². The molecule has 0 saturated heterocycles. The number of halogens is 1. The zero-order valence-electron chi connectivity index (χ0n) is 15.6. The molecule has 29 heavy (non-hydrogen) atoms. The van der Waals surface area contributed by atoms with Crippen LogP contribution < -0.4 is 10.6 Å². The molecule has 0 saturated carbocycles. The van der Waals surface area contributed by atoms with Crippen LogP contribution in [0.25, 0.3) is 22.3 Å². The number of hydrogen-bond acceptors (Lipinski definition) is 4. The second kappa shape index (κ2) is 8.48. The van der Waals surface area contributed by atoms with Crippen LogP contribution in [0, 0.1) is 5.82 Å². The van der Waals surface area contributed by atoms with E-state index in [1.54, 1.807) is 6.07 Å². The lowest BCUT2D eigenvalue weighted by molar-refractivity contribution is 0.0954. The lowest BCUT2D eigenvalue weighted by Crippen LogP contribution is -2.29. The minimum absolute atomic E-state index is 0.295. The average Bonchev–Trinajstić information content (AvgIpc) is 2.77. The number of nitrogens with zero attached hydrogens (tertiary/aromatic N) is 2. The van der Waals surface area contributed by atoms with E-state index in [0.717, 1.165) is 16.5 Å². The average molecular weight is 386 g/mol. The Morgan fingerprint density at radius 1 is 0.862 bits per heavy atom. The number of aromatic nitrogens is 2. The molecule has 0 atom stereocenters. The molecule has 1 amide bonds. The molecule has 1 heterocycles. The number of para-hydroxylation sites is 1. The quantitative estimate of drug-likeness (QED) is 0.486. The summed E-state index contributed by atoms with van der Waals surface area (Å²) in [5.41, 5.74) is 2.07. The monoisotopic (exact) mass is 386 g/mol. The Morgan fingerprint density at radius 2 is 1.66 bits per heavy atom. The molecule has 3 aromatic carbocycles. The number of anilines is 1. The summed E-state index contributed by atoms with van der Waals surface area (Å²) in [5, 5.41) is 6.96. The fourth-order valence-electron chi connectivity index (χ4n) is 3.02. The van der Waals surface area contributed by atoms with E-state index in [1.165, 1.54) is 18.2 Å². The van der Waals surface area contributed by atoms with Crippen LogP contribution in [0.4, 0.5) is 10.2 Å². The van der Waals surface area contributed by atoms with Gasteiger partial charge < -0.3 is 10.6 Å². The molecule has 0 spiro atoms. The summed E-state index contributed by atoms with van der Waals surface area (Å²) in [6.07, 6.45) is 0. The van der Waals surface area contributed by atoms with Gasteiger partial charge in [-0.25, -0.2) is 14.4 Å². The van der Waals surface area contributed by atoms with Crippen molar-refractivity contribution in [3.63, 3.8) is 0 Å². The number of benzene rings is 3. The van der Waals surface area contributed by atoms with E-state index in [9.17, 15) is 9.18 Å². The van der Waals surface area contributed by atoms with Gasteiger partial charge >= 0.3 is 0 Å². The molecular weight excluding hydrogens is 367 g/mol. The zero-order valence-corrected chi connectivity index (χ0v) is 15.6. The van der Waals surface area contributed by atoms with Crippen molar-refractivity contribution in [1.82, 2.24) is 15.3 Å². The van der Waals surface area contributed by atoms with Crippen molar-refractivity contribution < 1.29 is 9.18 Å². The maximum absolute atomic E-state index is 13.3. The Balaban J connectivity index is 1.48. The Hall–Kier alpha value is -3.80. The van der Waals surface area contributed by atoms with Crippen LogP contribution in [0.5, 0.6) is 0 Å². The minimum atomic E-state index is -0.434. The van der Waals surface area contributed by atoms with E-state index < -0.39 is 5.82 Å². The molecule has 0 aliphatic carbocycles. The highest BCUT2D eigenvalue weighted by atomic mass is 19.1. The van der Waals surface area contributed by atoms with Gasteiger partial charge in [-0.1, -0.05) is 48.5 Å². The first-order chi connectivity index (χ1) is 14.2. The van der Waals surface area contributed by atoms with Gasteiger partial charge in [-0.15, -0.1) is 0 Å². The summed E-state index contributed by atoms with van der Waals surface area (Å²) in [5.74, 6) is 0.588. The van der Waals surface area contributed by atoms with Gasteiger partial charge in [0.15, 0.2) is 5.82 Å². The molecule has 0 fully saturated rings. The topological polar surface area (TPSA) is 66.9 Å². The number of nitrogens with one attached hydrogen (secondary N) is 2. The van der Waals surface area contributed by atoms with Crippen molar-refractivity contribution in [1.29, 1.82) is 0 Å². The number of carbonyl (C=O) groups is 1. The van der Waals surface area contributed by atoms with Gasteiger partial charge in [0.05, 0.1) is 5.52 Å². The molecule has 0 unspecified atom stereocenters. The van der Waals surface area contributed by atoms with Crippen molar-refractivity contribution >= 4 is 22.6 Å². The highest BCUT2D eigenvalue weighted by Crippen LogP contribution is 2.24. The molecule has 0 aliphatic rings. The van der Waals surface area contributed by atoms with E-state index in [4.69, 9.17) is 0 Å². The van der Waals surface area contributed by atoms with E-state index in [1.807, 2.05) is 54.6 Å². The predicted molar refractivity (Wildman–Crippen MR) is 112 cm³/mol. The van der Waals surface area contributed by atoms with Crippen molar-refractivity contribution in [2.75, 3.05) is 18.4 Å². The highest BCUT2D eigenvalue weighted by Gasteiger charge is 2.09. The number of carbonyl (C=O) groups excluding carboxylic acids is 1. The third kappa shape index (κ3) is 4.38. The third-order valence-corrected chi connectivity index (χ3v) is 4.43. The number of hydrogen-bond donors (Lipinski definition) is 2. The number of fused-ring (bicyclic) bond motifs is 1. The first-order valence-corrected chi connectivity index (χ1v) is 9.30. The maximum atomic E-state index is 13.3. The van der Waals surface area contributed by atoms with Crippen molar-refractivity contribution in [2.45, 2.75) is 0 Å². The first-order valence-electron chi connectivity index (χ1n) is 9.30. The van der Waals surface area contributed by atoms with Gasteiger partial charge in [0.2, 0.25) is 0 Å². The summed E-state index contributed by atoms with van der Waals surface area (Å²) < 4.78 is 13.3. The standard InChI is InChI=1S/C23H19FN4O/c24-18-10-6-9-17(15-18)23(29)26-14-13-25-22-19-11-4-5-12-20(19)27-21(28-22)16-7-2-1-3-8-16/h1-12,15H,13-14H2,(H,26,29)(H,25,27,28). The lowest BCUT2D eigenvalue weighted by atomic mass is 10.2. The molecule has 4 aromatic rings. The second-order valence-electron chi connectivity index (χ2n) is 6.47. The predicted octanol–water partition coefficient (Wildman–Crippen LogP) is 4.28. The summed E-state index contributed by atoms with van der Waals surface area (Å²) in [7, 11) is 0.